The van der Waals surface area contributed by atoms with Crippen molar-refractivity contribution in [2.24, 2.45) is 7.05 Å². The molecule has 1 aromatic heterocycles. The number of aryl methyl sites for hydroxylation is 1. The Bertz CT molecular complexity index is 637. The molecule has 0 radical (unpaired) electrons. The van der Waals surface area contributed by atoms with Crippen LogP contribution in [-0.4, -0.2) is 57.4 Å². The summed E-state index contributed by atoms with van der Waals surface area (Å²) in [5.74, 6) is -0.338. The first-order valence-electron chi connectivity index (χ1n) is 7.96. The highest BCUT2D eigenvalue weighted by atomic mass is 19.1. The van der Waals surface area contributed by atoms with Gasteiger partial charge >= 0.3 is 0 Å². The summed E-state index contributed by atoms with van der Waals surface area (Å²) in [6, 6.07) is 6.44. The normalized spacial score (nSPS) is 18.2. The van der Waals surface area contributed by atoms with Crippen molar-refractivity contribution in [2.75, 3.05) is 32.7 Å². The summed E-state index contributed by atoms with van der Waals surface area (Å²) < 4.78 is 15.5. The minimum Gasteiger partial charge on any atom is -0.387 e. The molecule has 0 spiro atoms. The average Bonchev–Trinajstić information content (AvgIpc) is 2.95. The van der Waals surface area contributed by atoms with Crippen molar-refractivity contribution in [2.45, 2.75) is 12.6 Å². The molecule has 1 N–H and O–H groups in total. The second kappa shape index (κ2) is 7.21. The fourth-order valence-electron chi connectivity index (χ4n) is 3.03. The number of rotatable bonds is 5. The number of piperazine rings is 1. The zero-order valence-electron chi connectivity index (χ0n) is 13.4. The summed E-state index contributed by atoms with van der Waals surface area (Å²) >= 11 is 0. The van der Waals surface area contributed by atoms with E-state index in [4.69, 9.17) is 0 Å². The van der Waals surface area contributed by atoms with Crippen molar-refractivity contribution in [1.29, 1.82) is 0 Å². The van der Waals surface area contributed by atoms with Gasteiger partial charge in [0.2, 0.25) is 0 Å². The van der Waals surface area contributed by atoms with Gasteiger partial charge in [-0.3, -0.25) is 14.5 Å². The Hall–Kier alpha value is -1.76. The minimum absolute atomic E-state index is 0.338. The number of benzene rings is 1. The lowest BCUT2D eigenvalue weighted by atomic mass is 10.1. The predicted octanol–water partition coefficient (Wildman–Crippen LogP) is 1.41. The summed E-state index contributed by atoms with van der Waals surface area (Å²) in [5, 5.41) is 14.4. The molecule has 0 amide bonds. The topological polar surface area (TPSA) is 44.5 Å². The molecule has 1 aromatic carbocycles. The van der Waals surface area contributed by atoms with E-state index in [0.717, 1.165) is 32.7 Å². The Balaban J connectivity index is 1.48. The van der Waals surface area contributed by atoms with E-state index in [2.05, 4.69) is 14.9 Å². The Morgan fingerprint density at radius 3 is 2.52 bits per heavy atom. The van der Waals surface area contributed by atoms with E-state index in [-0.39, 0.29) is 5.82 Å². The van der Waals surface area contributed by atoms with Gasteiger partial charge < -0.3 is 5.11 Å². The maximum Gasteiger partial charge on any atom is 0.129 e. The summed E-state index contributed by atoms with van der Waals surface area (Å²) in [5.41, 5.74) is 1.60. The zero-order valence-corrected chi connectivity index (χ0v) is 13.4. The molecular weight excluding hydrogens is 295 g/mol. The van der Waals surface area contributed by atoms with Gasteiger partial charge in [0.15, 0.2) is 0 Å². The van der Waals surface area contributed by atoms with Gasteiger partial charge in [-0.25, -0.2) is 4.39 Å². The fourth-order valence-corrected chi connectivity index (χ4v) is 3.03. The molecule has 1 fully saturated rings. The summed E-state index contributed by atoms with van der Waals surface area (Å²) in [6.45, 7) is 5.02. The number of aromatic nitrogens is 2. The van der Waals surface area contributed by atoms with E-state index in [9.17, 15) is 9.50 Å². The van der Waals surface area contributed by atoms with Crippen molar-refractivity contribution in [3.05, 3.63) is 53.6 Å². The van der Waals surface area contributed by atoms with E-state index < -0.39 is 6.10 Å². The molecule has 0 aliphatic carbocycles. The Labute approximate surface area is 135 Å². The van der Waals surface area contributed by atoms with Gasteiger partial charge in [0.05, 0.1) is 12.3 Å². The van der Waals surface area contributed by atoms with Gasteiger partial charge in [-0.2, -0.15) is 5.10 Å². The van der Waals surface area contributed by atoms with Crippen molar-refractivity contribution in [3.63, 3.8) is 0 Å². The molecule has 0 saturated carbocycles. The molecule has 6 heteroatoms. The smallest absolute Gasteiger partial charge is 0.129 e. The number of β-amino-alcohol motifs (C(OH)–C–C–N with tert-alkyl or cyclic N) is 1. The predicted molar refractivity (Wildman–Crippen MR) is 86.3 cm³/mol. The second-order valence-corrected chi connectivity index (χ2v) is 6.14. The molecule has 1 aliphatic heterocycles. The van der Waals surface area contributed by atoms with Crippen LogP contribution in [0.1, 0.15) is 17.2 Å². The van der Waals surface area contributed by atoms with Crippen LogP contribution in [0.5, 0.6) is 0 Å². The van der Waals surface area contributed by atoms with Gasteiger partial charge in [-0.1, -0.05) is 18.2 Å². The minimum atomic E-state index is -0.777. The average molecular weight is 318 g/mol. The largest absolute Gasteiger partial charge is 0.387 e. The molecular formula is C17H23FN4O. The molecule has 0 bridgehead atoms. The van der Waals surface area contributed by atoms with Crippen molar-refractivity contribution < 1.29 is 9.50 Å². The highest BCUT2D eigenvalue weighted by Gasteiger charge is 2.21. The molecule has 23 heavy (non-hydrogen) atoms. The first kappa shape index (κ1) is 16.1. The lowest BCUT2D eigenvalue weighted by molar-refractivity contribution is 0.0685. The van der Waals surface area contributed by atoms with Crippen LogP contribution in [0.3, 0.4) is 0 Å². The molecule has 3 rings (SSSR count). The summed E-state index contributed by atoms with van der Waals surface area (Å²) in [4.78, 5) is 4.57. The molecule has 1 unspecified atom stereocenters. The van der Waals surface area contributed by atoms with Crippen LogP contribution in [0.15, 0.2) is 36.7 Å². The Morgan fingerprint density at radius 2 is 1.87 bits per heavy atom. The van der Waals surface area contributed by atoms with Crippen LogP contribution in [0.4, 0.5) is 4.39 Å². The van der Waals surface area contributed by atoms with Crippen LogP contribution in [-0.2, 0) is 13.6 Å². The monoisotopic (exact) mass is 318 g/mol. The van der Waals surface area contributed by atoms with Crippen molar-refractivity contribution >= 4 is 0 Å². The highest BCUT2D eigenvalue weighted by Crippen LogP contribution is 2.18. The Morgan fingerprint density at radius 1 is 1.17 bits per heavy atom. The maximum atomic E-state index is 13.7. The van der Waals surface area contributed by atoms with E-state index in [1.807, 2.05) is 24.1 Å². The molecule has 1 aliphatic rings. The summed E-state index contributed by atoms with van der Waals surface area (Å²) in [7, 11) is 1.92. The molecule has 1 atom stereocenters. The van der Waals surface area contributed by atoms with E-state index in [1.165, 1.54) is 11.6 Å². The van der Waals surface area contributed by atoms with E-state index in [0.29, 0.717) is 12.1 Å². The second-order valence-electron chi connectivity index (χ2n) is 6.14. The third-order valence-electron chi connectivity index (χ3n) is 4.32. The molecule has 2 aromatic rings. The molecule has 124 valence electrons. The van der Waals surface area contributed by atoms with E-state index in [1.54, 1.807) is 18.2 Å². The van der Waals surface area contributed by atoms with Crippen molar-refractivity contribution in [1.82, 2.24) is 19.6 Å². The van der Waals surface area contributed by atoms with Crippen LogP contribution < -0.4 is 0 Å². The first-order chi connectivity index (χ1) is 11.1. The molecule has 2 heterocycles. The van der Waals surface area contributed by atoms with Gasteiger partial charge in [-0.05, 0) is 6.07 Å². The number of aliphatic hydroxyl groups is 1. The molecule has 1 saturated heterocycles. The first-order valence-corrected chi connectivity index (χ1v) is 7.96. The number of hydrogen-bond acceptors (Lipinski definition) is 4. The van der Waals surface area contributed by atoms with Gasteiger partial charge in [0, 0.05) is 63.6 Å². The third-order valence-corrected chi connectivity index (χ3v) is 4.32. The van der Waals surface area contributed by atoms with Gasteiger partial charge in [-0.15, -0.1) is 0 Å². The van der Waals surface area contributed by atoms with Crippen LogP contribution in [0.25, 0.3) is 0 Å². The number of hydrogen-bond donors (Lipinski definition) is 1. The third kappa shape index (κ3) is 4.16. The van der Waals surface area contributed by atoms with E-state index >= 15 is 0 Å². The van der Waals surface area contributed by atoms with Crippen LogP contribution in [0.2, 0.25) is 0 Å². The fraction of sp³-hybridized carbons (Fsp3) is 0.471. The lowest BCUT2D eigenvalue weighted by Crippen LogP contribution is -2.47. The summed E-state index contributed by atoms with van der Waals surface area (Å²) in [6.07, 6.45) is 3.16. The van der Waals surface area contributed by atoms with Crippen LogP contribution >= 0.6 is 0 Å². The van der Waals surface area contributed by atoms with Crippen LogP contribution in [0, 0.1) is 5.82 Å². The standard InChI is InChI=1S/C17H23FN4O/c1-20-11-14(10-19-20)12-21-6-8-22(9-7-21)13-17(23)15-4-2-3-5-16(15)18/h2-5,10-11,17,23H,6-9,12-13H2,1H3. The Kier molecular flexibility index (Phi) is 5.05. The quantitative estimate of drug-likeness (QED) is 0.905. The lowest BCUT2D eigenvalue weighted by Gasteiger charge is -2.35. The number of aliphatic hydroxyl groups excluding tert-OH is 1. The SMILES string of the molecule is Cn1cc(CN2CCN(CC(O)c3ccccc3F)CC2)cn1. The number of halogens is 1. The highest BCUT2D eigenvalue weighted by molar-refractivity contribution is 5.20. The van der Waals surface area contributed by atoms with Crippen molar-refractivity contribution in [3.8, 4) is 0 Å². The van der Waals surface area contributed by atoms with Gasteiger partial charge in [0.1, 0.15) is 5.82 Å². The zero-order chi connectivity index (χ0) is 16.2. The molecule has 5 nitrogen and oxygen atoms in total. The van der Waals surface area contributed by atoms with Gasteiger partial charge in [0.25, 0.3) is 0 Å². The number of nitrogens with zero attached hydrogens (tertiary/aromatic N) is 4. The maximum absolute atomic E-state index is 13.7.